The predicted octanol–water partition coefficient (Wildman–Crippen LogP) is 4.51. The van der Waals surface area contributed by atoms with Crippen LogP contribution < -0.4 is 0 Å². The summed E-state index contributed by atoms with van der Waals surface area (Å²) >= 11 is 0. The first-order chi connectivity index (χ1) is 5.71. The van der Waals surface area contributed by atoms with E-state index in [0.717, 1.165) is 26.1 Å². The van der Waals surface area contributed by atoms with Crippen molar-refractivity contribution in [3.8, 4) is 0 Å². The molecule has 1 nitrogen and oxygen atoms in total. The van der Waals surface area contributed by atoms with Crippen LogP contribution in [0, 0.1) is 10.8 Å². The largest absolute Gasteiger partial charge is 0.381 e. The summed E-state index contributed by atoms with van der Waals surface area (Å²) in [5.74, 6) is 0. The van der Waals surface area contributed by atoms with Crippen LogP contribution in [0.25, 0.3) is 0 Å². The van der Waals surface area contributed by atoms with E-state index in [1.54, 1.807) is 0 Å². The average Bonchev–Trinajstić information content (AvgIpc) is 1.81. The molecule has 0 unspecified atom stereocenters. The fourth-order valence-corrected chi connectivity index (χ4v) is 0.859. The summed E-state index contributed by atoms with van der Waals surface area (Å²) in [7, 11) is 0. The van der Waals surface area contributed by atoms with Gasteiger partial charge >= 0.3 is 0 Å². The maximum atomic E-state index is 5.59. The minimum atomic E-state index is 0. The van der Waals surface area contributed by atoms with Crippen molar-refractivity contribution in [1.82, 2.24) is 0 Å². The van der Waals surface area contributed by atoms with Gasteiger partial charge < -0.3 is 4.74 Å². The second kappa shape index (κ2) is 6.44. The van der Waals surface area contributed by atoms with Crippen molar-refractivity contribution in [1.29, 1.82) is 0 Å². The molecule has 0 atom stereocenters. The third kappa shape index (κ3) is 14.5. The maximum absolute atomic E-state index is 5.59. The molecule has 0 bridgehead atoms. The van der Waals surface area contributed by atoms with E-state index in [1.165, 1.54) is 0 Å². The SMILES string of the molecule is C.CC(C)(C)CCOCCC(C)(C)C. The zero-order chi connectivity index (χ0) is 10.5. The van der Waals surface area contributed by atoms with E-state index in [9.17, 15) is 0 Å². The molecule has 0 aliphatic carbocycles. The first kappa shape index (κ1) is 16.4. The van der Waals surface area contributed by atoms with Crippen molar-refractivity contribution in [2.75, 3.05) is 13.2 Å². The van der Waals surface area contributed by atoms with Crippen LogP contribution in [0.1, 0.15) is 61.8 Å². The van der Waals surface area contributed by atoms with Crippen LogP contribution in [0.3, 0.4) is 0 Å². The Morgan fingerprint density at radius 2 is 1.00 bits per heavy atom. The van der Waals surface area contributed by atoms with Gasteiger partial charge in [-0.3, -0.25) is 0 Å². The molecule has 0 aliphatic rings. The van der Waals surface area contributed by atoms with Crippen LogP contribution >= 0.6 is 0 Å². The molecular formula is C13H30O. The van der Waals surface area contributed by atoms with Crippen LogP contribution in [0.5, 0.6) is 0 Å². The molecule has 0 aliphatic heterocycles. The molecule has 0 aromatic heterocycles. The lowest BCUT2D eigenvalue weighted by molar-refractivity contribution is 0.0881. The smallest absolute Gasteiger partial charge is 0.0471 e. The van der Waals surface area contributed by atoms with Crippen LogP contribution in [-0.2, 0) is 4.74 Å². The minimum Gasteiger partial charge on any atom is -0.381 e. The van der Waals surface area contributed by atoms with Gasteiger partial charge in [0.15, 0.2) is 0 Å². The number of ether oxygens (including phenoxy) is 1. The van der Waals surface area contributed by atoms with E-state index < -0.39 is 0 Å². The first-order valence-corrected chi connectivity index (χ1v) is 5.28. The van der Waals surface area contributed by atoms with Crippen LogP contribution in [0.4, 0.5) is 0 Å². The molecule has 0 spiro atoms. The van der Waals surface area contributed by atoms with E-state index >= 15 is 0 Å². The monoisotopic (exact) mass is 202 g/mol. The highest BCUT2D eigenvalue weighted by Crippen LogP contribution is 2.20. The molecule has 0 N–H and O–H groups in total. The van der Waals surface area contributed by atoms with E-state index in [0.29, 0.717) is 10.8 Å². The molecule has 0 radical (unpaired) electrons. The summed E-state index contributed by atoms with van der Waals surface area (Å²) < 4.78 is 5.59. The van der Waals surface area contributed by atoms with Crippen molar-refractivity contribution < 1.29 is 4.74 Å². The molecule has 0 saturated heterocycles. The lowest BCUT2D eigenvalue weighted by Crippen LogP contribution is -2.13. The fraction of sp³-hybridized carbons (Fsp3) is 1.00. The molecule has 0 amide bonds. The fourth-order valence-electron chi connectivity index (χ4n) is 0.859. The molecule has 0 saturated carbocycles. The zero-order valence-electron chi connectivity index (χ0n) is 10.2. The van der Waals surface area contributed by atoms with Crippen molar-refractivity contribution in [2.24, 2.45) is 10.8 Å². The Morgan fingerprint density at radius 3 is 1.21 bits per heavy atom. The summed E-state index contributed by atoms with van der Waals surface area (Å²) in [6.07, 6.45) is 2.30. The average molecular weight is 202 g/mol. The second-order valence-corrected chi connectivity index (χ2v) is 6.23. The van der Waals surface area contributed by atoms with Gasteiger partial charge in [-0.15, -0.1) is 0 Å². The molecule has 1 heteroatoms. The van der Waals surface area contributed by atoms with Gasteiger partial charge in [0.25, 0.3) is 0 Å². The first-order valence-electron chi connectivity index (χ1n) is 5.28. The van der Waals surface area contributed by atoms with Gasteiger partial charge in [0.1, 0.15) is 0 Å². The van der Waals surface area contributed by atoms with Gasteiger partial charge in [0, 0.05) is 13.2 Å². The number of hydrogen-bond donors (Lipinski definition) is 0. The highest BCUT2D eigenvalue weighted by atomic mass is 16.5. The molecule has 0 aromatic carbocycles. The van der Waals surface area contributed by atoms with Crippen molar-refractivity contribution in [3.63, 3.8) is 0 Å². The topological polar surface area (TPSA) is 9.23 Å². The Hall–Kier alpha value is -0.0400. The quantitative estimate of drug-likeness (QED) is 0.609. The van der Waals surface area contributed by atoms with Gasteiger partial charge in [0.05, 0.1) is 0 Å². The van der Waals surface area contributed by atoms with Crippen LogP contribution in [0.15, 0.2) is 0 Å². The molecule has 14 heavy (non-hydrogen) atoms. The van der Waals surface area contributed by atoms with Gasteiger partial charge in [-0.2, -0.15) is 0 Å². The van der Waals surface area contributed by atoms with Crippen molar-refractivity contribution in [3.05, 3.63) is 0 Å². The molecule has 0 aromatic rings. The van der Waals surface area contributed by atoms with E-state index in [-0.39, 0.29) is 7.43 Å². The summed E-state index contributed by atoms with van der Waals surface area (Å²) in [5, 5.41) is 0. The Labute approximate surface area is 91.2 Å². The highest BCUT2D eigenvalue weighted by Gasteiger charge is 2.11. The molecular weight excluding hydrogens is 172 g/mol. The molecule has 0 heterocycles. The normalized spacial score (nSPS) is 12.4. The van der Waals surface area contributed by atoms with E-state index in [2.05, 4.69) is 41.5 Å². The minimum absolute atomic E-state index is 0. The molecule has 0 rings (SSSR count). The Balaban J connectivity index is 0. The van der Waals surface area contributed by atoms with Gasteiger partial charge in [-0.1, -0.05) is 49.0 Å². The second-order valence-electron chi connectivity index (χ2n) is 6.23. The van der Waals surface area contributed by atoms with Crippen molar-refractivity contribution >= 4 is 0 Å². The summed E-state index contributed by atoms with van der Waals surface area (Å²) in [4.78, 5) is 0. The Kier molecular flexibility index (Phi) is 7.55. The molecule has 0 fully saturated rings. The van der Waals surface area contributed by atoms with E-state index in [4.69, 9.17) is 4.74 Å². The number of hydrogen-bond acceptors (Lipinski definition) is 1. The summed E-state index contributed by atoms with van der Waals surface area (Å²) in [6, 6.07) is 0. The van der Waals surface area contributed by atoms with Crippen LogP contribution in [-0.4, -0.2) is 13.2 Å². The van der Waals surface area contributed by atoms with Crippen LogP contribution in [0.2, 0.25) is 0 Å². The van der Waals surface area contributed by atoms with Gasteiger partial charge in [0.2, 0.25) is 0 Å². The van der Waals surface area contributed by atoms with E-state index in [1.807, 2.05) is 0 Å². The third-order valence-corrected chi connectivity index (χ3v) is 1.99. The molecule has 88 valence electrons. The lowest BCUT2D eigenvalue weighted by Gasteiger charge is -2.20. The maximum Gasteiger partial charge on any atom is 0.0471 e. The lowest BCUT2D eigenvalue weighted by atomic mass is 9.92. The zero-order valence-corrected chi connectivity index (χ0v) is 10.2. The number of rotatable bonds is 4. The Morgan fingerprint density at radius 1 is 0.714 bits per heavy atom. The Bertz CT molecular complexity index is 109. The standard InChI is InChI=1S/C12H26O.CH4/c1-11(2,3)7-9-13-10-8-12(4,5)6;/h7-10H2,1-6H3;1H4. The summed E-state index contributed by atoms with van der Waals surface area (Å²) in [5.41, 5.74) is 0.809. The summed E-state index contributed by atoms with van der Waals surface area (Å²) in [6.45, 7) is 15.3. The highest BCUT2D eigenvalue weighted by molar-refractivity contribution is 4.62. The van der Waals surface area contributed by atoms with Crippen molar-refractivity contribution in [2.45, 2.75) is 61.8 Å². The van der Waals surface area contributed by atoms with Gasteiger partial charge in [-0.25, -0.2) is 0 Å². The van der Waals surface area contributed by atoms with Gasteiger partial charge in [-0.05, 0) is 23.7 Å². The predicted molar refractivity (Wildman–Crippen MR) is 65.7 cm³/mol. The third-order valence-electron chi connectivity index (χ3n) is 1.99.